The zero-order valence-corrected chi connectivity index (χ0v) is 9.69. The molecule has 0 saturated heterocycles. The Labute approximate surface area is 93.3 Å². The third-order valence-electron chi connectivity index (χ3n) is 2.77. The summed E-state index contributed by atoms with van der Waals surface area (Å²) >= 11 is 2.41. The van der Waals surface area contributed by atoms with Crippen LogP contribution in [0.2, 0.25) is 0 Å². The van der Waals surface area contributed by atoms with Crippen LogP contribution in [0, 0.1) is 17.3 Å². The Kier molecular flexibility index (Phi) is 2.93. The zero-order chi connectivity index (χ0) is 12.0. The van der Waals surface area contributed by atoms with Gasteiger partial charge in [-0.15, -0.1) is 0 Å². The number of rotatable bonds is 2. The van der Waals surface area contributed by atoms with Crippen LogP contribution in [0.3, 0.4) is 0 Å². The molecule has 1 rings (SSSR count). The second-order valence-electron chi connectivity index (χ2n) is 4.18. The van der Waals surface area contributed by atoms with Crippen molar-refractivity contribution in [2.24, 2.45) is 17.3 Å². The molecule has 1 saturated carbocycles. The van der Waals surface area contributed by atoms with Crippen molar-refractivity contribution in [3.63, 3.8) is 0 Å². The van der Waals surface area contributed by atoms with Gasteiger partial charge in [0.15, 0.2) is 0 Å². The van der Waals surface area contributed by atoms with Crippen LogP contribution in [0.5, 0.6) is 0 Å². The number of alkyl halides is 3. The average Bonchev–Trinajstić information content (AvgIpc) is 2.50. The maximum absolute atomic E-state index is 12.2. The van der Waals surface area contributed by atoms with Crippen molar-refractivity contribution < 1.29 is 23.1 Å². The summed E-state index contributed by atoms with van der Waals surface area (Å²) in [6.45, 7) is 3.28. The highest BCUT2D eigenvalue weighted by molar-refractivity contribution is 9.11. The van der Waals surface area contributed by atoms with Gasteiger partial charge >= 0.3 is 12.1 Å². The Morgan fingerprint density at radius 1 is 1.47 bits per heavy atom. The molecule has 0 amide bonds. The van der Waals surface area contributed by atoms with E-state index in [0.29, 0.717) is 0 Å². The summed E-state index contributed by atoms with van der Waals surface area (Å²) in [5.41, 5.74) is -0.601. The number of aliphatic carboxylic acids is 1. The van der Waals surface area contributed by atoms with Gasteiger partial charge in [-0.25, -0.2) is 0 Å². The standard InChI is InChI=1S/C9H10BrF3O2/c1-8(2)4(6(8)7(14)15)3-5(10)9(11,12)13/h3-4,6H,1-2H3,(H,14,15)/t4-,6-/m0/s1. The van der Waals surface area contributed by atoms with Crippen molar-refractivity contribution >= 4 is 21.9 Å². The van der Waals surface area contributed by atoms with Gasteiger partial charge in [-0.05, 0) is 27.3 Å². The van der Waals surface area contributed by atoms with Crippen LogP contribution in [0.15, 0.2) is 10.6 Å². The highest BCUT2D eigenvalue weighted by Gasteiger charge is 2.61. The van der Waals surface area contributed by atoms with Crippen molar-refractivity contribution in [2.45, 2.75) is 20.0 Å². The normalized spacial score (nSPS) is 30.1. The molecule has 1 aliphatic carbocycles. The Morgan fingerprint density at radius 2 is 1.93 bits per heavy atom. The summed E-state index contributed by atoms with van der Waals surface area (Å²) in [7, 11) is 0. The van der Waals surface area contributed by atoms with Gasteiger partial charge in [0.1, 0.15) is 0 Å². The number of carbonyl (C=O) groups is 1. The summed E-state index contributed by atoms with van der Waals surface area (Å²) in [5, 5.41) is 8.75. The molecule has 0 unspecified atom stereocenters. The van der Waals surface area contributed by atoms with E-state index < -0.39 is 33.9 Å². The van der Waals surface area contributed by atoms with Crippen LogP contribution in [0.4, 0.5) is 13.2 Å². The van der Waals surface area contributed by atoms with Gasteiger partial charge in [0.2, 0.25) is 0 Å². The predicted octanol–water partition coefficient (Wildman–Crippen LogP) is 3.18. The summed E-state index contributed by atoms with van der Waals surface area (Å²) in [6, 6.07) is 0. The SMILES string of the molecule is CC1(C)[C@H](C(=O)O)[C@@H]1C=C(Br)C(F)(F)F. The number of hydrogen-bond acceptors (Lipinski definition) is 1. The van der Waals surface area contributed by atoms with Crippen molar-refractivity contribution in [2.75, 3.05) is 0 Å². The molecule has 0 spiro atoms. The molecular weight excluding hydrogens is 277 g/mol. The predicted molar refractivity (Wildman–Crippen MR) is 51.5 cm³/mol. The molecule has 2 atom stereocenters. The fraction of sp³-hybridized carbons (Fsp3) is 0.667. The minimum absolute atomic E-state index is 0.564. The molecule has 1 aliphatic rings. The van der Waals surface area contributed by atoms with Gasteiger partial charge in [-0.2, -0.15) is 13.2 Å². The van der Waals surface area contributed by atoms with Gasteiger partial charge in [-0.1, -0.05) is 19.9 Å². The molecular formula is C9H10BrF3O2. The number of halogens is 4. The topological polar surface area (TPSA) is 37.3 Å². The Morgan fingerprint density at radius 3 is 2.20 bits per heavy atom. The number of hydrogen-bond donors (Lipinski definition) is 1. The molecule has 0 radical (unpaired) electrons. The van der Waals surface area contributed by atoms with E-state index in [1.165, 1.54) is 0 Å². The molecule has 86 valence electrons. The molecule has 1 N–H and O–H groups in total. The second kappa shape index (κ2) is 3.50. The minimum atomic E-state index is -4.44. The van der Waals surface area contributed by atoms with Crippen LogP contribution in [-0.2, 0) is 4.79 Å². The first-order valence-corrected chi connectivity index (χ1v) is 5.05. The van der Waals surface area contributed by atoms with Crippen LogP contribution in [0.1, 0.15) is 13.8 Å². The lowest BCUT2D eigenvalue weighted by atomic mass is 10.1. The Hall–Kier alpha value is -0.520. The third-order valence-corrected chi connectivity index (χ3v) is 3.49. The van der Waals surface area contributed by atoms with Gasteiger partial charge in [0.25, 0.3) is 0 Å². The maximum atomic E-state index is 12.2. The molecule has 15 heavy (non-hydrogen) atoms. The highest BCUT2D eigenvalue weighted by Crippen LogP contribution is 2.60. The van der Waals surface area contributed by atoms with Crippen LogP contribution in [0.25, 0.3) is 0 Å². The first-order valence-electron chi connectivity index (χ1n) is 4.26. The molecule has 0 aromatic rings. The van der Waals surface area contributed by atoms with Crippen molar-refractivity contribution in [1.29, 1.82) is 0 Å². The summed E-state index contributed by atoms with van der Waals surface area (Å²) < 4.78 is 35.6. The molecule has 1 fully saturated rings. The van der Waals surface area contributed by atoms with Gasteiger partial charge in [-0.3, -0.25) is 4.79 Å². The van der Waals surface area contributed by atoms with Crippen LogP contribution in [-0.4, -0.2) is 17.3 Å². The van der Waals surface area contributed by atoms with E-state index in [4.69, 9.17) is 5.11 Å². The number of allylic oxidation sites excluding steroid dienone is 2. The Bertz CT molecular complexity index is 320. The monoisotopic (exact) mass is 286 g/mol. The van der Waals surface area contributed by atoms with Crippen LogP contribution >= 0.6 is 15.9 Å². The van der Waals surface area contributed by atoms with E-state index in [-0.39, 0.29) is 0 Å². The fourth-order valence-electron chi connectivity index (χ4n) is 1.71. The lowest BCUT2D eigenvalue weighted by Crippen LogP contribution is -2.07. The van der Waals surface area contributed by atoms with Crippen molar-refractivity contribution in [1.82, 2.24) is 0 Å². The van der Waals surface area contributed by atoms with E-state index in [9.17, 15) is 18.0 Å². The number of carboxylic acids is 1. The van der Waals surface area contributed by atoms with E-state index in [0.717, 1.165) is 6.08 Å². The fourth-order valence-corrected chi connectivity index (χ4v) is 2.00. The molecule has 0 aliphatic heterocycles. The van der Waals surface area contributed by atoms with E-state index >= 15 is 0 Å². The lowest BCUT2D eigenvalue weighted by Gasteiger charge is -2.04. The van der Waals surface area contributed by atoms with Crippen molar-refractivity contribution in [3.8, 4) is 0 Å². The third kappa shape index (κ3) is 2.35. The smallest absolute Gasteiger partial charge is 0.422 e. The van der Waals surface area contributed by atoms with Gasteiger partial charge in [0.05, 0.1) is 10.4 Å². The summed E-state index contributed by atoms with van der Waals surface area (Å²) in [5.74, 6) is -2.35. The van der Waals surface area contributed by atoms with E-state index in [2.05, 4.69) is 15.9 Å². The van der Waals surface area contributed by atoms with Gasteiger partial charge in [0, 0.05) is 0 Å². The molecule has 2 nitrogen and oxygen atoms in total. The summed E-state index contributed by atoms with van der Waals surface area (Å²) in [4.78, 5) is 10.7. The van der Waals surface area contributed by atoms with E-state index in [1.54, 1.807) is 13.8 Å². The highest BCUT2D eigenvalue weighted by atomic mass is 79.9. The molecule has 0 heterocycles. The minimum Gasteiger partial charge on any atom is -0.481 e. The quantitative estimate of drug-likeness (QED) is 0.847. The first kappa shape index (κ1) is 12.5. The largest absolute Gasteiger partial charge is 0.481 e. The van der Waals surface area contributed by atoms with Crippen LogP contribution < -0.4 is 0 Å². The van der Waals surface area contributed by atoms with Gasteiger partial charge < -0.3 is 5.11 Å². The van der Waals surface area contributed by atoms with Crippen molar-refractivity contribution in [3.05, 3.63) is 10.6 Å². The number of carboxylic acid groups (broad SMARTS) is 1. The maximum Gasteiger partial charge on any atom is 0.422 e. The molecule has 6 heteroatoms. The van der Waals surface area contributed by atoms with E-state index in [1.807, 2.05) is 0 Å². The second-order valence-corrected chi connectivity index (χ2v) is 5.03. The average molecular weight is 287 g/mol. The Balaban J connectivity index is 2.83. The first-order chi connectivity index (χ1) is 6.58. The molecule has 0 aromatic carbocycles. The molecule has 0 aromatic heterocycles. The molecule has 0 bridgehead atoms. The summed E-state index contributed by atoms with van der Waals surface area (Å²) in [6.07, 6.45) is -3.50. The lowest BCUT2D eigenvalue weighted by molar-refractivity contribution is -0.139. The zero-order valence-electron chi connectivity index (χ0n) is 8.10.